The Balaban J connectivity index is 1.54. The molecule has 0 radical (unpaired) electrons. The van der Waals surface area contributed by atoms with Gasteiger partial charge in [0.2, 0.25) is 0 Å². The van der Waals surface area contributed by atoms with E-state index >= 15 is 0 Å². The average molecular weight is 420 g/mol. The Bertz CT molecular complexity index is 1150. The van der Waals surface area contributed by atoms with Gasteiger partial charge in [0.1, 0.15) is 5.69 Å². The van der Waals surface area contributed by atoms with E-state index in [0.717, 1.165) is 22.5 Å². The normalized spacial score (nSPS) is 10.9. The number of thiazole rings is 1. The van der Waals surface area contributed by atoms with Gasteiger partial charge < -0.3 is 4.74 Å². The summed E-state index contributed by atoms with van der Waals surface area (Å²) in [6.45, 7) is 2.21. The van der Waals surface area contributed by atoms with Gasteiger partial charge in [-0.05, 0) is 30.2 Å². The molecule has 0 aliphatic carbocycles. The number of hydrogen-bond donors (Lipinski definition) is 1. The number of hydrogen-bond acceptors (Lipinski definition) is 6. The molecule has 0 aliphatic heterocycles. The Labute approximate surface area is 178 Å². The zero-order valence-corrected chi connectivity index (χ0v) is 17.5. The van der Waals surface area contributed by atoms with Gasteiger partial charge in [0, 0.05) is 24.6 Å². The Morgan fingerprint density at radius 3 is 2.77 bits per heavy atom. The van der Waals surface area contributed by atoms with Gasteiger partial charge in [-0.1, -0.05) is 47.7 Å². The number of benzene rings is 2. The maximum Gasteiger partial charge on any atom is 0.280 e. The number of carbonyl (C=O) groups excluding carboxylic acids is 1. The van der Waals surface area contributed by atoms with Crippen molar-refractivity contribution >= 4 is 22.4 Å². The van der Waals surface area contributed by atoms with E-state index in [2.05, 4.69) is 32.7 Å². The Morgan fingerprint density at radius 2 is 2.00 bits per heavy atom. The molecule has 7 nitrogen and oxygen atoms in total. The zero-order chi connectivity index (χ0) is 20.9. The molecule has 0 fully saturated rings. The second-order valence-electron chi connectivity index (χ2n) is 6.82. The van der Waals surface area contributed by atoms with Crippen LogP contribution in [0.3, 0.4) is 0 Å². The number of methoxy groups -OCH3 is 1. The van der Waals surface area contributed by atoms with Gasteiger partial charge in [-0.3, -0.25) is 10.1 Å². The molecule has 30 heavy (non-hydrogen) atoms. The standard InChI is InChI=1S/C22H21N5O2S/c1-15-7-6-10-17(11-15)27-19(14-29-2)20(25-26-27)21(28)24-22-23-13-18(30-22)12-16-8-4-3-5-9-16/h3-11,13H,12,14H2,1-2H3,(H,23,24,28). The van der Waals surface area contributed by atoms with Crippen LogP contribution in [0.25, 0.3) is 5.69 Å². The summed E-state index contributed by atoms with van der Waals surface area (Å²) >= 11 is 1.45. The Kier molecular flexibility index (Phi) is 5.97. The molecule has 2 aromatic heterocycles. The van der Waals surface area contributed by atoms with Gasteiger partial charge in [0.05, 0.1) is 12.3 Å². The highest BCUT2D eigenvalue weighted by molar-refractivity contribution is 7.15. The van der Waals surface area contributed by atoms with Gasteiger partial charge in [0.15, 0.2) is 10.8 Å². The lowest BCUT2D eigenvalue weighted by Gasteiger charge is -2.07. The lowest BCUT2D eigenvalue weighted by atomic mass is 10.1. The number of nitrogens with zero attached hydrogens (tertiary/aromatic N) is 4. The first kappa shape index (κ1) is 19.9. The van der Waals surface area contributed by atoms with Crippen LogP contribution in [-0.2, 0) is 17.8 Å². The molecule has 1 amide bonds. The summed E-state index contributed by atoms with van der Waals surface area (Å²) in [6, 6.07) is 18.0. The van der Waals surface area contributed by atoms with Crippen molar-refractivity contribution in [1.82, 2.24) is 20.0 Å². The number of carbonyl (C=O) groups is 1. The van der Waals surface area contributed by atoms with Crippen molar-refractivity contribution in [3.05, 3.63) is 88.2 Å². The molecule has 8 heteroatoms. The van der Waals surface area contributed by atoms with Crippen LogP contribution in [0.1, 0.15) is 32.2 Å². The van der Waals surface area contributed by atoms with E-state index in [-0.39, 0.29) is 18.2 Å². The molecule has 0 bridgehead atoms. The summed E-state index contributed by atoms with van der Waals surface area (Å²) in [4.78, 5) is 18.3. The van der Waals surface area contributed by atoms with Crippen molar-refractivity contribution in [1.29, 1.82) is 0 Å². The molecule has 4 rings (SSSR count). The number of anilines is 1. The van der Waals surface area contributed by atoms with Gasteiger partial charge in [-0.15, -0.1) is 16.4 Å². The molecule has 4 aromatic rings. The minimum Gasteiger partial charge on any atom is -0.378 e. The molecular weight excluding hydrogens is 398 g/mol. The summed E-state index contributed by atoms with van der Waals surface area (Å²) in [5.74, 6) is -0.360. The SMILES string of the molecule is COCc1c(C(=O)Nc2ncc(Cc3ccccc3)s2)nnn1-c1cccc(C)c1. The highest BCUT2D eigenvalue weighted by Gasteiger charge is 2.21. The van der Waals surface area contributed by atoms with E-state index in [1.165, 1.54) is 16.9 Å². The fraction of sp³-hybridized carbons (Fsp3) is 0.182. The van der Waals surface area contributed by atoms with Crippen LogP contribution in [0, 0.1) is 6.92 Å². The quantitative estimate of drug-likeness (QED) is 0.489. The Morgan fingerprint density at radius 1 is 1.17 bits per heavy atom. The fourth-order valence-corrected chi connectivity index (χ4v) is 3.95. The number of amides is 1. The van der Waals surface area contributed by atoms with Crippen LogP contribution in [0.15, 0.2) is 60.8 Å². The second-order valence-corrected chi connectivity index (χ2v) is 7.93. The predicted molar refractivity (Wildman–Crippen MR) is 116 cm³/mol. The number of rotatable bonds is 7. The third kappa shape index (κ3) is 4.45. The number of aryl methyl sites for hydroxylation is 1. The highest BCUT2D eigenvalue weighted by atomic mass is 32.1. The van der Waals surface area contributed by atoms with Crippen LogP contribution >= 0.6 is 11.3 Å². The number of ether oxygens (including phenoxy) is 1. The molecule has 0 unspecified atom stereocenters. The average Bonchev–Trinajstić information content (AvgIpc) is 3.36. The monoisotopic (exact) mass is 419 g/mol. The van der Waals surface area contributed by atoms with Crippen molar-refractivity contribution in [2.45, 2.75) is 20.0 Å². The van der Waals surface area contributed by atoms with Crippen LogP contribution in [0.5, 0.6) is 0 Å². The van der Waals surface area contributed by atoms with Gasteiger partial charge in [0.25, 0.3) is 5.91 Å². The van der Waals surface area contributed by atoms with Crippen molar-refractivity contribution in [3.63, 3.8) is 0 Å². The first-order valence-corrected chi connectivity index (χ1v) is 10.3. The van der Waals surface area contributed by atoms with E-state index in [9.17, 15) is 4.79 Å². The molecule has 0 aliphatic rings. The third-order valence-corrected chi connectivity index (χ3v) is 5.41. The smallest absolute Gasteiger partial charge is 0.280 e. The van der Waals surface area contributed by atoms with Gasteiger partial charge in [-0.2, -0.15) is 0 Å². The van der Waals surface area contributed by atoms with Crippen LogP contribution in [0.2, 0.25) is 0 Å². The number of nitrogens with one attached hydrogen (secondary N) is 1. The maximum atomic E-state index is 12.9. The predicted octanol–water partition coefficient (Wildman–Crippen LogP) is 4.02. The van der Waals surface area contributed by atoms with Crippen molar-refractivity contribution < 1.29 is 9.53 Å². The van der Waals surface area contributed by atoms with E-state index in [1.54, 1.807) is 18.0 Å². The molecule has 1 N–H and O–H groups in total. The molecule has 0 spiro atoms. The molecule has 2 heterocycles. The maximum absolute atomic E-state index is 12.9. The van der Waals surface area contributed by atoms with Crippen molar-refractivity contribution in [2.75, 3.05) is 12.4 Å². The largest absolute Gasteiger partial charge is 0.378 e. The van der Waals surface area contributed by atoms with E-state index in [0.29, 0.717) is 10.8 Å². The molecule has 0 atom stereocenters. The summed E-state index contributed by atoms with van der Waals surface area (Å²) < 4.78 is 6.93. The Hall–Kier alpha value is -3.36. The third-order valence-electron chi connectivity index (χ3n) is 4.50. The molecule has 2 aromatic carbocycles. The molecular formula is C22H21N5O2S. The van der Waals surface area contributed by atoms with Crippen molar-refractivity contribution in [2.24, 2.45) is 0 Å². The molecule has 0 saturated carbocycles. The summed E-state index contributed by atoms with van der Waals surface area (Å²) in [5.41, 5.74) is 3.92. The van der Waals surface area contributed by atoms with Gasteiger partial charge >= 0.3 is 0 Å². The fourth-order valence-electron chi connectivity index (χ4n) is 3.11. The van der Waals surface area contributed by atoms with Crippen LogP contribution < -0.4 is 5.32 Å². The van der Waals surface area contributed by atoms with Crippen molar-refractivity contribution in [3.8, 4) is 5.69 Å². The van der Waals surface area contributed by atoms with E-state index in [4.69, 9.17) is 4.74 Å². The summed E-state index contributed by atoms with van der Waals surface area (Å²) in [5, 5.41) is 11.7. The zero-order valence-electron chi connectivity index (χ0n) is 16.7. The minimum absolute atomic E-state index is 0.209. The number of aromatic nitrogens is 4. The second kappa shape index (κ2) is 8.98. The minimum atomic E-state index is -0.360. The summed E-state index contributed by atoms with van der Waals surface area (Å²) in [6.07, 6.45) is 2.56. The summed E-state index contributed by atoms with van der Waals surface area (Å²) in [7, 11) is 1.58. The first-order chi connectivity index (χ1) is 14.6. The molecule has 152 valence electrons. The topological polar surface area (TPSA) is 81.9 Å². The van der Waals surface area contributed by atoms with E-state index < -0.39 is 0 Å². The van der Waals surface area contributed by atoms with Crippen LogP contribution in [0.4, 0.5) is 5.13 Å². The lowest BCUT2D eigenvalue weighted by molar-refractivity contribution is 0.101. The van der Waals surface area contributed by atoms with E-state index in [1.807, 2.05) is 49.4 Å². The molecule has 0 saturated heterocycles. The van der Waals surface area contributed by atoms with Crippen LogP contribution in [-0.4, -0.2) is 33.0 Å². The highest BCUT2D eigenvalue weighted by Crippen LogP contribution is 2.22. The lowest BCUT2D eigenvalue weighted by Crippen LogP contribution is -2.15. The first-order valence-electron chi connectivity index (χ1n) is 9.44. The van der Waals surface area contributed by atoms with Gasteiger partial charge in [-0.25, -0.2) is 9.67 Å².